The first-order chi connectivity index (χ1) is 14.1. The topological polar surface area (TPSA) is 59.2 Å². The minimum Gasteiger partial charge on any atom is -0.369 e. The van der Waals surface area contributed by atoms with Crippen LogP contribution in [0.1, 0.15) is 17.5 Å². The molecule has 1 aliphatic rings. The van der Waals surface area contributed by atoms with Crippen LogP contribution in [-0.4, -0.2) is 28.9 Å². The van der Waals surface area contributed by atoms with E-state index < -0.39 is 5.41 Å². The number of carbonyl (C=O) groups is 1. The van der Waals surface area contributed by atoms with Gasteiger partial charge in [-0.25, -0.2) is 0 Å². The standard InChI is InChI=1S/C24H24ClN3O/c25-22-10-4-2-7-20(22)16-28-13-11-24(17-28,23(26)29)14-18-6-1-3-9-21(18)19-8-5-12-27-15-19/h1-10,12,15H,11,13-14,16-17H2,(H2,26,29). The third-order valence-electron chi connectivity index (χ3n) is 5.83. The monoisotopic (exact) mass is 405 g/mol. The van der Waals surface area contributed by atoms with Gasteiger partial charge < -0.3 is 5.73 Å². The number of hydrogen-bond donors (Lipinski definition) is 1. The van der Waals surface area contributed by atoms with Gasteiger partial charge in [0.15, 0.2) is 0 Å². The van der Waals surface area contributed by atoms with E-state index in [4.69, 9.17) is 17.3 Å². The lowest BCUT2D eigenvalue weighted by Crippen LogP contribution is -2.41. The third-order valence-corrected chi connectivity index (χ3v) is 6.19. The molecule has 148 valence electrons. The van der Waals surface area contributed by atoms with E-state index in [9.17, 15) is 4.79 Å². The fourth-order valence-electron chi connectivity index (χ4n) is 4.24. The number of nitrogens with zero attached hydrogens (tertiary/aromatic N) is 2. The van der Waals surface area contributed by atoms with Crippen LogP contribution in [0.15, 0.2) is 73.1 Å². The molecule has 1 amide bonds. The average molecular weight is 406 g/mol. The van der Waals surface area contributed by atoms with E-state index in [0.29, 0.717) is 13.0 Å². The third kappa shape index (κ3) is 4.19. The lowest BCUT2D eigenvalue weighted by atomic mass is 9.78. The summed E-state index contributed by atoms with van der Waals surface area (Å²) in [4.78, 5) is 19.1. The van der Waals surface area contributed by atoms with E-state index in [2.05, 4.69) is 22.0 Å². The minimum absolute atomic E-state index is 0.236. The maximum absolute atomic E-state index is 12.6. The molecule has 0 saturated carbocycles. The molecule has 1 unspecified atom stereocenters. The van der Waals surface area contributed by atoms with Gasteiger partial charge in [0.2, 0.25) is 5.91 Å². The van der Waals surface area contributed by atoms with Crippen molar-refractivity contribution in [3.05, 3.63) is 89.2 Å². The summed E-state index contributed by atoms with van der Waals surface area (Å²) < 4.78 is 0. The first-order valence-corrected chi connectivity index (χ1v) is 10.2. The lowest BCUT2D eigenvalue weighted by Gasteiger charge is -2.27. The Balaban J connectivity index is 1.59. The van der Waals surface area contributed by atoms with Crippen molar-refractivity contribution in [3.63, 3.8) is 0 Å². The van der Waals surface area contributed by atoms with Gasteiger partial charge >= 0.3 is 0 Å². The second-order valence-corrected chi connectivity index (χ2v) is 8.18. The van der Waals surface area contributed by atoms with Crippen molar-refractivity contribution in [1.82, 2.24) is 9.88 Å². The Morgan fingerprint density at radius 3 is 2.55 bits per heavy atom. The Kier molecular flexibility index (Phi) is 5.65. The zero-order valence-electron chi connectivity index (χ0n) is 16.2. The number of carbonyl (C=O) groups excluding carboxylic acids is 1. The molecule has 4 rings (SSSR count). The van der Waals surface area contributed by atoms with E-state index in [-0.39, 0.29) is 5.91 Å². The van der Waals surface area contributed by atoms with Gasteiger partial charge in [-0.05, 0) is 48.2 Å². The van der Waals surface area contributed by atoms with E-state index in [0.717, 1.165) is 46.8 Å². The molecule has 2 aromatic carbocycles. The largest absolute Gasteiger partial charge is 0.369 e. The van der Waals surface area contributed by atoms with Crippen LogP contribution in [0.3, 0.4) is 0 Å². The van der Waals surface area contributed by atoms with Crippen LogP contribution in [0.5, 0.6) is 0 Å². The normalized spacial score (nSPS) is 19.3. The quantitative estimate of drug-likeness (QED) is 0.664. The summed E-state index contributed by atoms with van der Waals surface area (Å²) in [7, 11) is 0. The molecule has 1 aliphatic heterocycles. The van der Waals surface area contributed by atoms with Gasteiger partial charge in [0.05, 0.1) is 5.41 Å². The van der Waals surface area contributed by atoms with Crippen molar-refractivity contribution in [1.29, 1.82) is 0 Å². The van der Waals surface area contributed by atoms with E-state index in [1.54, 1.807) is 6.20 Å². The second kappa shape index (κ2) is 8.36. The fourth-order valence-corrected chi connectivity index (χ4v) is 4.43. The number of rotatable bonds is 6. The van der Waals surface area contributed by atoms with Crippen molar-refractivity contribution in [3.8, 4) is 11.1 Å². The molecule has 1 saturated heterocycles. The van der Waals surface area contributed by atoms with Crippen LogP contribution in [-0.2, 0) is 17.8 Å². The smallest absolute Gasteiger partial charge is 0.225 e. The molecule has 0 radical (unpaired) electrons. The van der Waals surface area contributed by atoms with Crippen molar-refractivity contribution >= 4 is 17.5 Å². The van der Waals surface area contributed by atoms with Gasteiger partial charge in [-0.2, -0.15) is 0 Å². The highest BCUT2D eigenvalue weighted by atomic mass is 35.5. The molecule has 1 aromatic heterocycles. The summed E-state index contributed by atoms with van der Waals surface area (Å²) in [5, 5.41) is 0.756. The Hall–Kier alpha value is -2.69. The van der Waals surface area contributed by atoms with Crippen LogP contribution in [0.4, 0.5) is 0 Å². The van der Waals surface area contributed by atoms with Crippen molar-refractivity contribution in [2.24, 2.45) is 11.1 Å². The molecule has 0 aliphatic carbocycles. The molecule has 29 heavy (non-hydrogen) atoms. The SMILES string of the molecule is NC(=O)C1(Cc2ccccc2-c2cccnc2)CCN(Cc2ccccc2Cl)C1. The molecule has 4 nitrogen and oxygen atoms in total. The summed E-state index contributed by atoms with van der Waals surface area (Å²) >= 11 is 6.33. The van der Waals surface area contributed by atoms with Gasteiger partial charge in [-0.1, -0.05) is 60.1 Å². The molecule has 5 heteroatoms. The summed E-state index contributed by atoms with van der Waals surface area (Å²) in [5.74, 6) is -0.236. The Morgan fingerprint density at radius 1 is 1.07 bits per heavy atom. The number of likely N-dealkylation sites (tertiary alicyclic amines) is 1. The summed E-state index contributed by atoms with van der Waals surface area (Å²) in [6.07, 6.45) is 4.98. The fraction of sp³-hybridized carbons (Fsp3) is 0.250. The maximum Gasteiger partial charge on any atom is 0.225 e. The first-order valence-electron chi connectivity index (χ1n) is 9.81. The van der Waals surface area contributed by atoms with Crippen LogP contribution in [0.25, 0.3) is 11.1 Å². The van der Waals surface area contributed by atoms with E-state index in [1.165, 1.54) is 0 Å². The number of halogens is 1. The summed E-state index contributed by atoms with van der Waals surface area (Å²) in [6.45, 7) is 2.18. The Labute approximate surface area is 176 Å². The highest BCUT2D eigenvalue weighted by molar-refractivity contribution is 6.31. The number of aromatic nitrogens is 1. The van der Waals surface area contributed by atoms with Crippen LogP contribution >= 0.6 is 11.6 Å². The maximum atomic E-state index is 12.6. The first kappa shape index (κ1) is 19.6. The molecule has 0 bridgehead atoms. The van der Waals surface area contributed by atoms with Gasteiger partial charge in [-0.15, -0.1) is 0 Å². The van der Waals surface area contributed by atoms with Crippen LogP contribution < -0.4 is 5.73 Å². The number of hydrogen-bond acceptors (Lipinski definition) is 3. The van der Waals surface area contributed by atoms with Crippen molar-refractivity contribution in [2.75, 3.05) is 13.1 Å². The Morgan fingerprint density at radius 2 is 1.83 bits per heavy atom. The molecular weight excluding hydrogens is 382 g/mol. The molecule has 1 fully saturated rings. The van der Waals surface area contributed by atoms with Crippen molar-refractivity contribution in [2.45, 2.75) is 19.4 Å². The predicted octanol–water partition coefficient (Wildman–Crippen LogP) is 4.32. The van der Waals surface area contributed by atoms with Gasteiger partial charge in [0.1, 0.15) is 0 Å². The van der Waals surface area contributed by atoms with Crippen LogP contribution in [0.2, 0.25) is 5.02 Å². The Bertz CT molecular complexity index is 1010. The zero-order valence-corrected chi connectivity index (χ0v) is 17.0. The minimum atomic E-state index is -0.584. The number of amides is 1. The number of primary amides is 1. The van der Waals surface area contributed by atoms with Gasteiger partial charge in [-0.3, -0.25) is 14.7 Å². The number of nitrogens with two attached hydrogens (primary N) is 1. The lowest BCUT2D eigenvalue weighted by molar-refractivity contribution is -0.127. The summed E-state index contributed by atoms with van der Waals surface area (Å²) in [5.41, 5.74) is 9.72. The summed E-state index contributed by atoms with van der Waals surface area (Å²) in [6, 6.07) is 20.0. The van der Waals surface area contributed by atoms with E-state index in [1.807, 2.05) is 54.7 Å². The average Bonchev–Trinajstić information content (AvgIpc) is 3.15. The molecular formula is C24H24ClN3O. The highest BCUT2D eigenvalue weighted by Gasteiger charge is 2.43. The highest BCUT2D eigenvalue weighted by Crippen LogP contribution is 2.37. The molecule has 3 aromatic rings. The zero-order chi connectivity index (χ0) is 20.3. The number of benzene rings is 2. The van der Waals surface area contributed by atoms with E-state index >= 15 is 0 Å². The molecule has 1 atom stereocenters. The second-order valence-electron chi connectivity index (χ2n) is 7.77. The number of pyridine rings is 1. The predicted molar refractivity (Wildman–Crippen MR) is 116 cm³/mol. The molecule has 0 spiro atoms. The van der Waals surface area contributed by atoms with Crippen LogP contribution in [0, 0.1) is 5.41 Å². The molecule has 2 heterocycles. The molecule has 2 N–H and O–H groups in total. The van der Waals surface area contributed by atoms with Gasteiger partial charge in [0, 0.05) is 36.1 Å². The van der Waals surface area contributed by atoms with Crippen molar-refractivity contribution < 1.29 is 4.79 Å². The van der Waals surface area contributed by atoms with Gasteiger partial charge in [0.25, 0.3) is 0 Å².